The SMILES string of the molecule is Cc1cccc(C)c1NC(=O)Nc1cc(-c2ccccc2)ccc1C(=O)N[C@](C)(C(=O)O)C1CCCCC1. The second-order valence-corrected chi connectivity index (χ2v) is 10.3. The molecule has 1 saturated carbocycles. The molecule has 0 bridgehead atoms. The zero-order valence-corrected chi connectivity index (χ0v) is 22.1. The van der Waals surface area contributed by atoms with Crippen molar-refractivity contribution in [1.82, 2.24) is 5.32 Å². The van der Waals surface area contributed by atoms with Crippen molar-refractivity contribution in [3.63, 3.8) is 0 Å². The number of amides is 3. The van der Waals surface area contributed by atoms with Gasteiger partial charge in [-0.2, -0.15) is 0 Å². The van der Waals surface area contributed by atoms with Gasteiger partial charge >= 0.3 is 12.0 Å². The molecule has 4 N–H and O–H groups in total. The largest absolute Gasteiger partial charge is 0.480 e. The minimum atomic E-state index is -1.41. The van der Waals surface area contributed by atoms with Gasteiger partial charge < -0.3 is 21.1 Å². The first-order valence-corrected chi connectivity index (χ1v) is 13.1. The maximum atomic E-state index is 13.6. The molecule has 0 heterocycles. The Balaban J connectivity index is 1.66. The molecule has 7 heteroatoms. The van der Waals surface area contributed by atoms with E-state index in [4.69, 9.17) is 0 Å². The van der Waals surface area contributed by atoms with E-state index in [9.17, 15) is 19.5 Å². The van der Waals surface area contributed by atoms with Crippen LogP contribution in [0, 0.1) is 19.8 Å². The Bertz CT molecular complexity index is 1310. The third-order valence-corrected chi connectivity index (χ3v) is 7.58. The molecular weight excluding hydrogens is 478 g/mol. The molecule has 198 valence electrons. The van der Waals surface area contributed by atoms with Crippen LogP contribution < -0.4 is 16.0 Å². The van der Waals surface area contributed by atoms with Crippen LogP contribution in [-0.4, -0.2) is 28.6 Å². The molecule has 3 amide bonds. The van der Waals surface area contributed by atoms with Crippen molar-refractivity contribution in [1.29, 1.82) is 0 Å². The number of rotatable bonds is 7. The molecule has 38 heavy (non-hydrogen) atoms. The highest BCUT2D eigenvalue weighted by Crippen LogP contribution is 2.34. The molecule has 1 atom stereocenters. The zero-order chi connectivity index (χ0) is 27.3. The number of carbonyl (C=O) groups is 3. The molecule has 3 aromatic rings. The summed E-state index contributed by atoms with van der Waals surface area (Å²) in [4.78, 5) is 39.0. The third kappa shape index (κ3) is 5.88. The second-order valence-electron chi connectivity index (χ2n) is 10.3. The Morgan fingerprint density at radius 3 is 2.11 bits per heavy atom. The van der Waals surface area contributed by atoms with Crippen LogP contribution in [0.25, 0.3) is 11.1 Å². The number of urea groups is 1. The van der Waals surface area contributed by atoms with Crippen molar-refractivity contribution in [2.45, 2.75) is 58.4 Å². The Hall–Kier alpha value is -4.13. The van der Waals surface area contributed by atoms with E-state index in [0.29, 0.717) is 11.4 Å². The maximum Gasteiger partial charge on any atom is 0.329 e. The number of anilines is 2. The highest BCUT2D eigenvalue weighted by molar-refractivity contribution is 6.08. The molecule has 1 aliphatic carbocycles. The van der Waals surface area contributed by atoms with Crippen LogP contribution in [0.3, 0.4) is 0 Å². The van der Waals surface area contributed by atoms with Gasteiger partial charge in [-0.1, -0.05) is 73.9 Å². The fourth-order valence-corrected chi connectivity index (χ4v) is 5.25. The number of benzene rings is 3. The molecule has 0 aliphatic heterocycles. The highest BCUT2D eigenvalue weighted by Gasteiger charge is 2.43. The number of nitrogens with one attached hydrogen (secondary N) is 3. The Labute approximate surface area is 223 Å². The van der Waals surface area contributed by atoms with Crippen molar-refractivity contribution in [2.75, 3.05) is 10.6 Å². The molecule has 4 rings (SSSR count). The summed E-state index contributed by atoms with van der Waals surface area (Å²) in [5, 5.41) is 18.7. The Morgan fingerprint density at radius 2 is 1.47 bits per heavy atom. The van der Waals surface area contributed by atoms with Crippen LogP contribution >= 0.6 is 0 Å². The number of aliphatic carboxylic acids is 1. The molecule has 0 spiro atoms. The predicted octanol–water partition coefficient (Wildman–Crippen LogP) is 6.77. The van der Waals surface area contributed by atoms with Gasteiger partial charge in [0.15, 0.2) is 0 Å². The summed E-state index contributed by atoms with van der Waals surface area (Å²) in [6.45, 7) is 5.41. The number of para-hydroxylation sites is 1. The topological polar surface area (TPSA) is 108 Å². The van der Waals surface area contributed by atoms with Gasteiger partial charge in [0.05, 0.1) is 11.3 Å². The quantitative estimate of drug-likeness (QED) is 0.280. The standard InChI is InChI=1S/C31H35N3O4/c1-20-11-10-12-21(2)27(20)33-30(38)32-26-19-23(22-13-6-4-7-14-22)17-18-25(26)28(35)34-31(3,29(36)37)24-15-8-5-9-16-24/h4,6-7,10-14,17-19,24H,5,8-9,15-16H2,1-3H3,(H,34,35)(H,36,37)(H2,32,33,38)/t31-/m0/s1. The molecule has 0 saturated heterocycles. The minimum absolute atomic E-state index is 0.162. The summed E-state index contributed by atoms with van der Waals surface area (Å²) in [5.74, 6) is -1.76. The van der Waals surface area contributed by atoms with Gasteiger partial charge in [0, 0.05) is 5.69 Å². The average molecular weight is 514 g/mol. The van der Waals surface area contributed by atoms with Crippen LogP contribution in [0.4, 0.5) is 16.2 Å². The van der Waals surface area contributed by atoms with Crippen molar-refractivity contribution < 1.29 is 19.5 Å². The lowest BCUT2D eigenvalue weighted by Crippen LogP contribution is -2.57. The van der Waals surface area contributed by atoms with E-state index in [0.717, 1.165) is 54.4 Å². The summed E-state index contributed by atoms with van der Waals surface area (Å²) in [6.07, 6.45) is 4.46. The minimum Gasteiger partial charge on any atom is -0.480 e. The molecule has 1 fully saturated rings. The van der Waals surface area contributed by atoms with Gasteiger partial charge in [0.1, 0.15) is 5.54 Å². The summed E-state index contributed by atoms with van der Waals surface area (Å²) in [7, 11) is 0. The third-order valence-electron chi connectivity index (χ3n) is 7.58. The molecule has 0 radical (unpaired) electrons. The maximum absolute atomic E-state index is 13.6. The first kappa shape index (κ1) is 26.9. The van der Waals surface area contributed by atoms with E-state index in [1.807, 2.05) is 62.4 Å². The first-order valence-electron chi connectivity index (χ1n) is 13.1. The number of hydrogen-bond acceptors (Lipinski definition) is 3. The monoisotopic (exact) mass is 513 g/mol. The second kappa shape index (κ2) is 11.5. The zero-order valence-electron chi connectivity index (χ0n) is 22.1. The number of aryl methyl sites for hydroxylation is 2. The number of carboxylic acid groups (broad SMARTS) is 1. The Morgan fingerprint density at radius 1 is 0.816 bits per heavy atom. The highest BCUT2D eigenvalue weighted by atomic mass is 16.4. The summed E-state index contributed by atoms with van der Waals surface area (Å²) in [5.41, 5.74) is 3.36. The van der Waals surface area contributed by atoms with E-state index in [1.165, 1.54) is 0 Å². The van der Waals surface area contributed by atoms with Crippen molar-refractivity contribution in [3.05, 3.63) is 83.4 Å². The summed E-state index contributed by atoms with van der Waals surface area (Å²) >= 11 is 0. The molecule has 0 unspecified atom stereocenters. The van der Waals surface area contributed by atoms with Crippen molar-refractivity contribution in [3.8, 4) is 11.1 Å². The molecule has 0 aromatic heterocycles. The van der Waals surface area contributed by atoms with Gasteiger partial charge in [-0.05, 0) is 73.9 Å². The van der Waals surface area contributed by atoms with Gasteiger partial charge in [-0.25, -0.2) is 9.59 Å². The average Bonchev–Trinajstić information content (AvgIpc) is 2.91. The molecule has 1 aliphatic rings. The fourth-order valence-electron chi connectivity index (χ4n) is 5.25. The van der Waals surface area contributed by atoms with E-state index < -0.39 is 23.4 Å². The number of carboxylic acids is 1. The van der Waals surface area contributed by atoms with E-state index >= 15 is 0 Å². The lowest BCUT2D eigenvalue weighted by molar-refractivity contribution is -0.146. The van der Waals surface area contributed by atoms with Crippen LogP contribution in [0.15, 0.2) is 66.7 Å². The van der Waals surface area contributed by atoms with E-state index in [2.05, 4.69) is 16.0 Å². The molecule has 3 aromatic carbocycles. The summed E-state index contributed by atoms with van der Waals surface area (Å²) in [6, 6.07) is 20.1. The first-order chi connectivity index (χ1) is 18.2. The van der Waals surface area contributed by atoms with E-state index in [-0.39, 0.29) is 11.5 Å². The van der Waals surface area contributed by atoms with Crippen LogP contribution in [-0.2, 0) is 4.79 Å². The van der Waals surface area contributed by atoms with Gasteiger partial charge in [-0.3, -0.25) is 4.79 Å². The molecule has 7 nitrogen and oxygen atoms in total. The summed E-state index contributed by atoms with van der Waals surface area (Å²) < 4.78 is 0. The number of hydrogen-bond donors (Lipinski definition) is 4. The van der Waals surface area contributed by atoms with Crippen LogP contribution in [0.5, 0.6) is 0 Å². The Kier molecular flexibility index (Phi) is 8.15. The van der Waals surface area contributed by atoms with Crippen molar-refractivity contribution >= 4 is 29.3 Å². The fraction of sp³-hybridized carbons (Fsp3) is 0.323. The lowest BCUT2D eigenvalue weighted by Gasteiger charge is -2.37. The van der Waals surface area contributed by atoms with Crippen molar-refractivity contribution in [2.24, 2.45) is 5.92 Å². The van der Waals surface area contributed by atoms with Crippen LogP contribution in [0.2, 0.25) is 0 Å². The van der Waals surface area contributed by atoms with E-state index in [1.54, 1.807) is 25.1 Å². The van der Waals surface area contributed by atoms with Gasteiger partial charge in [0.2, 0.25) is 0 Å². The smallest absolute Gasteiger partial charge is 0.329 e. The number of carbonyl (C=O) groups excluding carboxylic acids is 2. The van der Waals surface area contributed by atoms with Gasteiger partial charge in [0.25, 0.3) is 5.91 Å². The predicted molar refractivity (Wildman–Crippen MR) is 151 cm³/mol. The van der Waals surface area contributed by atoms with Gasteiger partial charge in [-0.15, -0.1) is 0 Å². The molecular formula is C31H35N3O4. The van der Waals surface area contributed by atoms with Crippen LogP contribution in [0.1, 0.15) is 60.5 Å². The normalized spacial score (nSPS) is 15.2. The lowest BCUT2D eigenvalue weighted by atomic mass is 9.75.